The maximum Gasteiger partial charge on any atom is 0.237 e. The van der Waals surface area contributed by atoms with Crippen molar-refractivity contribution in [2.45, 2.75) is 44.9 Å². The van der Waals surface area contributed by atoms with E-state index in [1.165, 1.54) is 0 Å². The highest BCUT2D eigenvalue weighted by atomic mass is 16.3. The summed E-state index contributed by atoms with van der Waals surface area (Å²) in [5.41, 5.74) is 0. The van der Waals surface area contributed by atoms with Gasteiger partial charge in [-0.25, -0.2) is 0 Å². The molecule has 4 nitrogen and oxygen atoms in total. The topological polar surface area (TPSA) is 61.4 Å². The van der Waals surface area contributed by atoms with E-state index in [9.17, 15) is 9.90 Å². The molecule has 0 saturated carbocycles. The minimum absolute atomic E-state index is 0.0174. The van der Waals surface area contributed by atoms with E-state index in [1.54, 1.807) is 0 Å². The molecule has 3 unspecified atom stereocenters. The first kappa shape index (κ1) is 12.6. The normalized spacial score (nSPS) is 36.7. The van der Waals surface area contributed by atoms with E-state index in [2.05, 4.69) is 36.6 Å². The third-order valence-corrected chi connectivity index (χ3v) is 3.80. The van der Waals surface area contributed by atoms with Crippen LogP contribution in [0.3, 0.4) is 0 Å². The van der Waals surface area contributed by atoms with Gasteiger partial charge in [0.1, 0.15) is 0 Å². The lowest BCUT2D eigenvalue weighted by Gasteiger charge is -2.25. The van der Waals surface area contributed by atoms with Crippen LogP contribution in [-0.4, -0.2) is 35.7 Å². The number of hydrogen-bond donors (Lipinski definition) is 3. The van der Waals surface area contributed by atoms with E-state index in [4.69, 9.17) is 0 Å². The Hall–Kier alpha value is -0.870. The smallest absolute Gasteiger partial charge is 0.237 e. The van der Waals surface area contributed by atoms with Crippen molar-refractivity contribution in [1.29, 1.82) is 0 Å². The number of rotatable bonds is 3. The summed E-state index contributed by atoms with van der Waals surface area (Å²) in [4.78, 5) is 12.0. The van der Waals surface area contributed by atoms with Gasteiger partial charge in [-0.3, -0.25) is 4.79 Å². The number of β-amino-alcohol motifs (C(OH)–C–C–N with tert-alkyl or cyclic N) is 1. The molecule has 17 heavy (non-hydrogen) atoms. The Bertz CT molecular complexity index is 315. The summed E-state index contributed by atoms with van der Waals surface area (Å²) in [6.07, 6.45) is 5.42. The molecule has 0 radical (unpaired) electrons. The van der Waals surface area contributed by atoms with Gasteiger partial charge in [-0.15, -0.1) is 0 Å². The second kappa shape index (κ2) is 5.19. The Morgan fingerprint density at radius 3 is 2.88 bits per heavy atom. The molecule has 96 valence electrons. The summed E-state index contributed by atoms with van der Waals surface area (Å²) in [5, 5.41) is 15.5. The van der Waals surface area contributed by atoms with E-state index in [0.717, 1.165) is 6.42 Å². The average Bonchev–Trinajstić information content (AvgIpc) is 2.86. The van der Waals surface area contributed by atoms with Crippen molar-refractivity contribution >= 4 is 5.91 Å². The van der Waals surface area contributed by atoms with Gasteiger partial charge in [0.05, 0.1) is 18.2 Å². The van der Waals surface area contributed by atoms with Crippen LogP contribution in [0.25, 0.3) is 0 Å². The van der Waals surface area contributed by atoms with Gasteiger partial charge in [0, 0.05) is 6.54 Å². The van der Waals surface area contributed by atoms with E-state index in [1.807, 2.05) is 0 Å². The number of aliphatic hydroxyl groups is 1. The van der Waals surface area contributed by atoms with Crippen LogP contribution in [0.1, 0.15) is 26.7 Å². The molecule has 1 heterocycles. The molecule has 4 atom stereocenters. The zero-order chi connectivity index (χ0) is 12.4. The fourth-order valence-electron chi connectivity index (χ4n) is 2.70. The van der Waals surface area contributed by atoms with Gasteiger partial charge in [-0.1, -0.05) is 26.0 Å². The van der Waals surface area contributed by atoms with Crippen LogP contribution in [-0.2, 0) is 4.79 Å². The second-order valence-corrected chi connectivity index (χ2v) is 5.46. The van der Waals surface area contributed by atoms with Crippen molar-refractivity contribution in [3.8, 4) is 0 Å². The first-order chi connectivity index (χ1) is 8.08. The summed E-state index contributed by atoms with van der Waals surface area (Å²) >= 11 is 0. The van der Waals surface area contributed by atoms with Crippen molar-refractivity contribution in [3.05, 3.63) is 12.2 Å². The first-order valence-corrected chi connectivity index (χ1v) is 6.46. The molecule has 1 aliphatic heterocycles. The van der Waals surface area contributed by atoms with E-state index in [-0.39, 0.29) is 24.1 Å². The van der Waals surface area contributed by atoms with Crippen molar-refractivity contribution in [2.75, 3.05) is 6.54 Å². The monoisotopic (exact) mass is 238 g/mol. The van der Waals surface area contributed by atoms with Gasteiger partial charge in [0.25, 0.3) is 0 Å². The van der Waals surface area contributed by atoms with Gasteiger partial charge < -0.3 is 15.7 Å². The molecule has 3 N–H and O–H groups in total. The molecule has 2 rings (SSSR count). The quantitative estimate of drug-likeness (QED) is 0.625. The van der Waals surface area contributed by atoms with Gasteiger partial charge in [-0.05, 0) is 24.7 Å². The fourth-order valence-corrected chi connectivity index (χ4v) is 2.70. The molecule has 0 aromatic rings. The fraction of sp³-hybridized carbons (Fsp3) is 0.769. The van der Waals surface area contributed by atoms with Gasteiger partial charge in [0.2, 0.25) is 5.91 Å². The number of nitrogens with one attached hydrogen (secondary N) is 2. The molecule has 0 aromatic carbocycles. The van der Waals surface area contributed by atoms with Gasteiger partial charge in [0.15, 0.2) is 0 Å². The van der Waals surface area contributed by atoms with E-state index >= 15 is 0 Å². The van der Waals surface area contributed by atoms with Crippen LogP contribution >= 0.6 is 0 Å². The predicted molar refractivity (Wildman–Crippen MR) is 66.4 cm³/mol. The molecular weight excluding hydrogens is 216 g/mol. The number of amides is 1. The minimum Gasteiger partial charge on any atom is -0.392 e. The molecule has 0 bridgehead atoms. The number of carbonyl (C=O) groups excluding carboxylic acids is 1. The maximum absolute atomic E-state index is 12.0. The summed E-state index contributed by atoms with van der Waals surface area (Å²) in [7, 11) is 0. The number of hydrogen-bond acceptors (Lipinski definition) is 3. The van der Waals surface area contributed by atoms with E-state index in [0.29, 0.717) is 24.8 Å². The maximum atomic E-state index is 12.0. The minimum atomic E-state index is -0.384. The molecule has 2 aliphatic rings. The van der Waals surface area contributed by atoms with Crippen molar-refractivity contribution in [3.63, 3.8) is 0 Å². The highest BCUT2D eigenvalue weighted by molar-refractivity contribution is 5.82. The first-order valence-electron chi connectivity index (χ1n) is 6.46. The van der Waals surface area contributed by atoms with Crippen LogP contribution in [0.15, 0.2) is 12.2 Å². The number of aliphatic hydroxyl groups excluding tert-OH is 1. The Kier molecular flexibility index (Phi) is 3.84. The standard InChI is InChI=1S/C13H22N2O2/c1-8(2)10-4-3-5-11(10)15-13(17)12-6-9(16)7-14-12/h3,5,8-12,14,16H,4,6-7H2,1-2H3,(H,15,17)/t9?,10-,11?,12?/m0/s1. The third kappa shape index (κ3) is 2.87. The molecule has 1 aliphatic carbocycles. The SMILES string of the molecule is CC(C)[C@@H]1CC=CC1NC(=O)C1CC(O)CN1. The summed E-state index contributed by atoms with van der Waals surface area (Å²) in [6.45, 7) is 4.90. The van der Waals surface area contributed by atoms with Crippen molar-refractivity contribution in [1.82, 2.24) is 10.6 Å². The van der Waals surface area contributed by atoms with E-state index < -0.39 is 0 Å². The molecule has 0 aromatic heterocycles. The Morgan fingerprint density at radius 2 is 2.29 bits per heavy atom. The molecule has 1 amide bonds. The van der Waals surface area contributed by atoms with Gasteiger partial charge >= 0.3 is 0 Å². The van der Waals surface area contributed by atoms with Gasteiger partial charge in [-0.2, -0.15) is 0 Å². The largest absolute Gasteiger partial charge is 0.392 e. The molecule has 0 spiro atoms. The lowest BCUT2D eigenvalue weighted by Crippen LogP contribution is -2.47. The van der Waals surface area contributed by atoms with Crippen molar-refractivity contribution in [2.24, 2.45) is 11.8 Å². The number of allylic oxidation sites excluding steroid dienone is 1. The third-order valence-electron chi connectivity index (χ3n) is 3.80. The molecule has 1 fully saturated rings. The summed E-state index contributed by atoms with van der Waals surface area (Å²) in [6, 6.07) is -0.0751. The second-order valence-electron chi connectivity index (χ2n) is 5.46. The van der Waals surface area contributed by atoms with Crippen molar-refractivity contribution < 1.29 is 9.90 Å². The van der Waals surface area contributed by atoms with Crippen LogP contribution in [0.4, 0.5) is 0 Å². The van der Waals surface area contributed by atoms with Crippen LogP contribution < -0.4 is 10.6 Å². The van der Waals surface area contributed by atoms with Crippen LogP contribution in [0.5, 0.6) is 0 Å². The zero-order valence-electron chi connectivity index (χ0n) is 10.5. The average molecular weight is 238 g/mol. The molecular formula is C13H22N2O2. The lowest BCUT2D eigenvalue weighted by molar-refractivity contribution is -0.123. The number of carbonyl (C=O) groups is 1. The predicted octanol–water partition coefficient (Wildman–Crippen LogP) is 0.426. The van der Waals surface area contributed by atoms with Crippen LogP contribution in [0, 0.1) is 11.8 Å². The Labute approximate surface area is 102 Å². The highest BCUT2D eigenvalue weighted by Crippen LogP contribution is 2.26. The Morgan fingerprint density at radius 1 is 1.53 bits per heavy atom. The highest BCUT2D eigenvalue weighted by Gasteiger charge is 2.32. The lowest BCUT2D eigenvalue weighted by atomic mass is 9.90. The Balaban J connectivity index is 1.88. The van der Waals surface area contributed by atoms with Crippen LogP contribution in [0.2, 0.25) is 0 Å². The molecule has 1 saturated heterocycles. The molecule has 4 heteroatoms. The summed E-state index contributed by atoms with van der Waals surface area (Å²) in [5.74, 6) is 1.09. The zero-order valence-corrected chi connectivity index (χ0v) is 10.5. The summed E-state index contributed by atoms with van der Waals surface area (Å²) < 4.78 is 0.